The molecule has 0 amide bonds. The Kier molecular flexibility index (Phi) is 7.10. The van der Waals surface area contributed by atoms with Crippen LogP contribution in [0.4, 0.5) is 0 Å². The summed E-state index contributed by atoms with van der Waals surface area (Å²) in [6.45, 7) is 6.96. The van der Waals surface area contributed by atoms with Gasteiger partial charge in [-0.1, -0.05) is 26.0 Å². The fraction of sp³-hybridized carbons (Fsp3) is 0.579. The molecule has 0 aliphatic carbocycles. The van der Waals surface area contributed by atoms with E-state index in [4.69, 9.17) is 9.47 Å². The lowest BCUT2D eigenvalue weighted by Crippen LogP contribution is -2.40. The lowest BCUT2D eigenvalue weighted by Gasteiger charge is -2.21. The second-order valence-corrected chi connectivity index (χ2v) is 6.41. The van der Waals surface area contributed by atoms with E-state index in [0.717, 1.165) is 36.8 Å². The molecule has 1 saturated heterocycles. The van der Waals surface area contributed by atoms with Gasteiger partial charge in [-0.3, -0.25) is 9.79 Å². The van der Waals surface area contributed by atoms with Crippen molar-refractivity contribution in [2.45, 2.75) is 26.8 Å². The molecule has 1 fully saturated rings. The normalized spacial score (nSPS) is 20.5. The minimum absolute atomic E-state index is 0.102. The van der Waals surface area contributed by atoms with Crippen molar-refractivity contribution >= 4 is 11.9 Å². The van der Waals surface area contributed by atoms with E-state index in [0.29, 0.717) is 13.1 Å². The van der Waals surface area contributed by atoms with Crippen molar-refractivity contribution in [3.8, 4) is 5.75 Å². The van der Waals surface area contributed by atoms with E-state index in [1.54, 1.807) is 7.05 Å². The lowest BCUT2D eigenvalue weighted by atomic mass is 9.99. The SMILES string of the molecule is CCCOc1cccc(CNC(=NC)N2CC(C)C(C(=O)OC)C2)c1. The largest absolute Gasteiger partial charge is 0.494 e. The highest BCUT2D eigenvalue weighted by Gasteiger charge is 2.36. The Morgan fingerprint density at radius 1 is 1.40 bits per heavy atom. The summed E-state index contributed by atoms with van der Waals surface area (Å²) in [6.07, 6.45) is 0.990. The smallest absolute Gasteiger partial charge is 0.310 e. The van der Waals surface area contributed by atoms with Gasteiger partial charge >= 0.3 is 5.97 Å². The predicted octanol–water partition coefficient (Wildman–Crippen LogP) is 2.29. The number of guanidine groups is 1. The first-order chi connectivity index (χ1) is 12.1. The van der Waals surface area contributed by atoms with Crippen LogP contribution in [0.3, 0.4) is 0 Å². The van der Waals surface area contributed by atoms with Gasteiger partial charge in [-0.05, 0) is 30.0 Å². The molecule has 1 heterocycles. The zero-order valence-electron chi connectivity index (χ0n) is 15.6. The van der Waals surface area contributed by atoms with Crippen LogP contribution in [0.25, 0.3) is 0 Å². The van der Waals surface area contributed by atoms with E-state index in [9.17, 15) is 4.79 Å². The van der Waals surface area contributed by atoms with Crippen molar-refractivity contribution in [1.82, 2.24) is 10.2 Å². The molecule has 6 nitrogen and oxygen atoms in total. The molecule has 6 heteroatoms. The van der Waals surface area contributed by atoms with Gasteiger partial charge in [0.15, 0.2) is 5.96 Å². The third kappa shape index (κ3) is 5.11. The molecule has 0 spiro atoms. The molecule has 1 aliphatic rings. The van der Waals surface area contributed by atoms with Gasteiger partial charge < -0.3 is 19.7 Å². The number of nitrogens with one attached hydrogen (secondary N) is 1. The zero-order chi connectivity index (χ0) is 18.2. The number of rotatable bonds is 6. The van der Waals surface area contributed by atoms with Gasteiger partial charge in [-0.2, -0.15) is 0 Å². The Hall–Kier alpha value is -2.24. The van der Waals surface area contributed by atoms with Gasteiger partial charge in [0, 0.05) is 26.7 Å². The molecule has 0 saturated carbocycles. The van der Waals surface area contributed by atoms with Gasteiger partial charge in [-0.15, -0.1) is 0 Å². The molecular formula is C19H29N3O3. The number of hydrogen-bond acceptors (Lipinski definition) is 4. The molecule has 1 N–H and O–H groups in total. The van der Waals surface area contributed by atoms with Crippen LogP contribution < -0.4 is 10.1 Å². The van der Waals surface area contributed by atoms with Gasteiger partial charge in [0.05, 0.1) is 19.6 Å². The first-order valence-electron chi connectivity index (χ1n) is 8.84. The van der Waals surface area contributed by atoms with Crippen LogP contribution in [0.1, 0.15) is 25.8 Å². The number of methoxy groups -OCH3 is 1. The number of carbonyl (C=O) groups is 1. The van der Waals surface area contributed by atoms with Crippen LogP contribution in [0.5, 0.6) is 5.75 Å². The molecular weight excluding hydrogens is 318 g/mol. The van der Waals surface area contributed by atoms with E-state index in [-0.39, 0.29) is 17.8 Å². The monoisotopic (exact) mass is 347 g/mol. The number of hydrogen-bond donors (Lipinski definition) is 1. The Balaban J connectivity index is 1.94. The first-order valence-corrected chi connectivity index (χ1v) is 8.84. The van der Waals surface area contributed by atoms with E-state index < -0.39 is 0 Å². The van der Waals surface area contributed by atoms with Crippen molar-refractivity contribution in [3.05, 3.63) is 29.8 Å². The summed E-state index contributed by atoms with van der Waals surface area (Å²) in [4.78, 5) is 18.3. The summed E-state index contributed by atoms with van der Waals surface area (Å²) in [5.74, 6) is 1.69. The van der Waals surface area contributed by atoms with E-state index in [1.165, 1.54) is 7.11 Å². The van der Waals surface area contributed by atoms with Crippen molar-refractivity contribution in [2.24, 2.45) is 16.8 Å². The summed E-state index contributed by atoms with van der Waals surface area (Å²) in [7, 11) is 3.21. The standard InChI is InChI=1S/C19H29N3O3/c1-5-9-25-16-8-6-7-15(10-16)11-21-19(20-3)22-12-14(2)17(13-22)18(23)24-4/h6-8,10,14,17H,5,9,11-13H2,1-4H3,(H,20,21). The van der Waals surface area contributed by atoms with Gasteiger partial charge in [0.1, 0.15) is 5.75 Å². The Morgan fingerprint density at radius 2 is 2.20 bits per heavy atom. The number of benzene rings is 1. The fourth-order valence-electron chi connectivity index (χ4n) is 3.08. The summed E-state index contributed by atoms with van der Waals surface area (Å²) in [6, 6.07) is 8.07. The lowest BCUT2D eigenvalue weighted by molar-refractivity contribution is -0.145. The molecule has 25 heavy (non-hydrogen) atoms. The molecule has 2 rings (SSSR count). The van der Waals surface area contributed by atoms with Crippen molar-refractivity contribution in [3.63, 3.8) is 0 Å². The summed E-state index contributed by atoms with van der Waals surface area (Å²) < 4.78 is 10.6. The number of likely N-dealkylation sites (tertiary alicyclic amines) is 1. The second kappa shape index (κ2) is 9.30. The van der Waals surface area contributed by atoms with E-state index in [2.05, 4.69) is 35.1 Å². The summed E-state index contributed by atoms with van der Waals surface area (Å²) >= 11 is 0. The maximum Gasteiger partial charge on any atom is 0.310 e. The maximum absolute atomic E-state index is 11.9. The van der Waals surface area contributed by atoms with E-state index in [1.807, 2.05) is 18.2 Å². The molecule has 1 aromatic carbocycles. The van der Waals surface area contributed by atoms with Crippen molar-refractivity contribution < 1.29 is 14.3 Å². The predicted molar refractivity (Wildman–Crippen MR) is 98.7 cm³/mol. The minimum Gasteiger partial charge on any atom is -0.494 e. The molecule has 138 valence electrons. The highest BCUT2D eigenvalue weighted by molar-refractivity contribution is 5.82. The number of nitrogens with zero attached hydrogens (tertiary/aromatic N) is 2. The molecule has 2 atom stereocenters. The Labute approximate surface area is 150 Å². The van der Waals surface area contributed by atoms with Crippen LogP contribution in [0.2, 0.25) is 0 Å². The van der Waals surface area contributed by atoms with Crippen LogP contribution in [-0.4, -0.2) is 50.7 Å². The molecule has 1 aromatic rings. The molecule has 2 unspecified atom stereocenters. The van der Waals surface area contributed by atoms with Gasteiger partial charge in [-0.25, -0.2) is 0 Å². The number of aliphatic imine (C=N–C) groups is 1. The average molecular weight is 347 g/mol. The molecule has 0 radical (unpaired) electrons. The van der Waals surface area contributed by atoms with Gasteiger partial charge in [0.2, 0.25) is 0 Å². The van der Waals surface area contributed by atoms with Crippen molar-refractivity contribution in [2.75, 3.05) is 33.9 Å². The Bertz CT molecular complexity index is 603. The number of ether oxygens (including phenoxy) is 2. The average Bonchev–Trinajstić information content (AvgIpc) is 3.01. The third-order valence-corrected chi connectivity index (χ3v) is 4.45. The minimum atomic E-state index is -0.147. The number of carbonyl (C=O) groups excluding carboxylic acids is 1. The fourth-order valence-corrected chi connectivity index (χ4v) is 3.08. The van der Waals surface area contributed by atoms with Crippen LogP contribution in [0.15, 0.2) is 29.3 Å². The molecule has 0 aromatic heterocycles. The first kappa shape index (κ1) is 19.1. The quantitative estimate of drug-likeness (QED) is 0.486. The maximum atomic E-state index is 11.9. The van der Waals surface area contributed by atoms with E-state index >= 15 is 0 Å². The zero-order valence-corrected chi connectivity index (χ0v) is 15.6. The van der Waals surface area contributed by atoms with Crippen LogP contribution in [-0.2, 0) is 16.1 Å². The van der Waals surface area contributed by atoms with Gasteiger partial charge in [0.25, 0.3) is 0 Å². The molecule has 1 aliphatic heterocycles. The topological polar surface area (TPSA) is 63.2 Å². The molecule has 0 bridgehead atoms. The highest BCUT2D eigenvalue weighted by Crippen LogP contribution is 2.24. The van der Waals surface area contributed by atoms with Crippen LogP contribution >= 0.6 is 0 Å². The summed E-state index contributed by atoms with van der Waals surface area (Å²) in [5, 5.41) is 3.38. The third-order valence-electron chi connectivity index (χ3n) is 4.45. The Morgan fingerprint density at radius 3 is 2.88 bits per heavy atom. The second-order valence-electron chi connectivity index (χ2n) is 6.41. The van der Waals surface area contributed by atoms with Crippen LogP contribution in [0, 0.1) is 11.8 Å². The van der Waals surface area contributed by atoms with Crippen molar-refractivity contribution in [1.29, 1.82) is 0 Å². The number of esters is 1. The highest BCUT2D eigenvalue weighted by atomic mass is 16.5. The summed E-state index contributed by atoms with van der Waals surface area (Å²) in [5.41, 5.74) is 1.13.